The van der Waals surface area contributed by atoms with Crippen LogP contribution in [0.15, 0.2) is 30.3 Å². The average Bonchev–Trinajstić information content (AvgIpc) is 3.30. The monoisotopic (exact) mass is 405 g/mol. The summed E-state index contributed by atoms with van der Waals surface area (Å²) in [6.07, 6.45) is 11.8. The first-order valence-corrected chi connectivity index (χ1v) is 12.0. The highest BCUT2D eigenvalue weighted by molar-refractivity contribution is 5.52. The van der Waals surface area contributed by atoms with E-state index in [1.165, 1.54) is 54.7 Å². The second-order valence-corrected chi connectivity index (χ2v) is 9.40. The molecule has 2 heterocycles. The third-order valence-corrected chi connectivity index (χ3v) is 7.33. The normalized spacial score (nSPS) is 26.6. The van der Waals surface area contributed by atoms with Crippen LogP contribution in [0, 0.1) is 0 Å². The highest BCUT2D eigenvalue weighted by atomic mass is 15.2. The molecule has 0 amide bonds. The number of nitrogens with two attached hydrogens (primary N) is 1. The van der Waals surface area contributed by atoms with Crippen molar-refractivity contribution >= 4 is 5.82 Å². The molecule has 2 unspecified atom stereocenters. The molecule has 3 aliphatic rings. The van der Waals surface area contributed by atoms with Crippen LogP contribution in [0.4, 0.5) is 5.82 Å². The lowest BCUT2D eigenvalue weighted by Gasteiger charge is -2.33. The van der Waals surface area contributed by atoms with Gasteiger partial charge >= 0.3 is 0 Å². The third kappa shape index (κ3) is 3.85. The standard InChI is InChI=1S/C25H35N5/c26-25(15-9-14-22(25)27-18-19-10-4-3-5-11-19)24-28-21-13-8-12-20(21)23(29-24)30-16-6-1-2-7-17-30/h3-5,10-11,22,27H,1-2,6-9,12-18,26H2. The third-order valence-electron chi connectivity index (χ3n) is 7.33. The lowest BCUT2D eigenvalue weighted by molar-refractivity contribution is 0.324. The summed E-state index contributed by atoms with van der Waals surface area (Å²) in [5, 5.41) is 3.75. The van der Waals surface area contributed by atoms with Crippen LogP contribution in [0.5, 0.6) is 0 Å². The van der Waals surface area contributed by atoms with Gasteiger partial charge in [-0.05, 0) is 56.9 Å². The number of nitrogens with one attached hydrogen (secondary N) is 1. The second kappa shape index (κ2) is 8.64. The van der Waals surface area contributed by atoms with Gasteiger partial charge in [-0.25, -0.2) is 9.97 Å². The predicted molar refractivity (Wildman–Crippen MR) is 122 cm³/mol. The lowest BCUT2D eigenvalue weighted by atomic mass is 9.92. The molecule has 0 spiro atoms. The first kappa shape index (κ1) is 20.0. The number of hydrogen-bond acceptors (Lipinski definition) is 5. The van der Waals surface area contributed by atoms with Crippen molar-refractivity contribution in [3.63, 3.8) is 0 Å². The molecule has 30 heavy (non-hydrogen) atoms. The Hall–Kier alpha value is -1.98. The van der Waals surface area contributed by atoms with Gasteiger partial charge in [-0.15, -0.1) is 0 Å². The van der Waals surface area contributed by atoms with Crippen molar-refractivity contribution in [2.45, 2.75) is 82.3 Å². The van der Waals surface area contributed by atoms with Crippen molar-refractivity contribution in [2.24, 2.45) is 5.73 Å². The molecule has 5 heteroatoms. The molecule has 1 aliphatic heterocycles. The maximum absolute atomic E-state index is 7.11. The van der Waals surface area contributed by atoms with E-state index in [-0.39, 0.29) is 6.04 Å². The molecule has 0 radical (unpaired) electrons. The molecule has 1 saturated carbocycles. The van der Waals surface area contributed by atoms with Crippen LogP contribution >= 0.6 is 0 Å². The summed E-state index contributed by atoms with van der Waals surface area (Å²) in [6.45, 7) is 3.08. The van der Waals surface area contributed by atoms with Crippen LogP contribution in [-0.4, -0.2) is 29.1 Å². The Bertz CT molecular complexity index is 859. The maximum atomic E-state index is 7.11. The van der Waals surface area contributed by atoms with Crippen molar-refractivity contribution in [1.82, 2.24) is 15.3 Å². The first-order valence-electron chi connectivity index (χ1n) is 12.0. The minimum atomic E-state index is -0.479. The van der Waals surface area contributed by atoms with Crippen LogP contribution in [0.25, 0.3) is 0 Å². The van der Waals surface area contributed by atoms with Crippen LogP contribution < -0.4 is 16.0 Å². The Balaban J connectivity index is 1.44. The van der Waals surface area contributed by atoms with Crippen molar-refractivity contribution in [1.29, 1.82) is 0 Å². The van der Waals surface area contributed by atoms with E-state index in [1.807, 2.05) is 0 Å². The first-order chi connectivity index (χ1) is 14.7. The largest absolute Gasteiger partial charge is 0.356 e. The Kier molecular flexibility index (Phi) is 5.74. The van der Waals surface area contributed by atoms with Gasteiger partial charge < -0.3 is 16.0 Å². The van der Waals surface area contributed by atoms with E-state index in [2.05, 4.69) is 40.5 Å². The van der Waals surface area contributed by atoms with E-state index in [0.717, 1.165) is 57.6 Å². The van der Waals surface area contributed by atoms with E-state index in [0.29, 0.717) is 0 Å². The van der Waals surface area contributed by atoms with Crippen molar-refractivity contribution in [2.75, 3.05) is 18.0 Å². The Morgan fingerprint density at radius 3 is 2.57 bits per heavy atom. The quantitative estimate of drug-likeness (QED) is 0.791. The maximum Gasteiger partial charge on any atom is 0.152 e. The molecular weight excluding hydrogens is 370 g/mol. The fourth-order valence-electron chi connectivity index (χ4n) is 5.58. The molecule has 5 rings (SSSR count). The summed E-state index contributed by atoms with van der Waals surface area (Å²) in [6, 6.07) is 10.8. The van der Waals surface area contributed by atoms with Gasteiger partial charge in [-0.3, -0.25) is 0 Å². The highest BCUT2D eigenvalue weighted by Crippen LogP contribution is 2.38. The molecule has 0 bridgehead atoms. The number of hydrogen-bond donors (Lipinski definition) is 2. The number of fused-ring (bicyclic) bond motifs is 1. The van der Waals surface area contributed by atoms with Crippen molar-refractivity contribution < 1.29 is 0 Å². The highest BCUT2D eigenvalue weighted by Gasteiger charge is 2.44. The number of nitrogens with zero attached hydrogens (tertiary/aromatic N) is 3. The molecule has 1 aromatic carbocycles. The molecule has 160 valence electrons. The lowest BCUT2D eigenvalue weighted by Crippen LogP contribution is -2.52. The summed E-state index contributed by atoms with van der Waals surface area (Å²) < 4.78 is 0. The molecule has 1 aromatic heterocycles. The number of benzene rings is 1. The summed E-state index contributed by atoms with van der Waals surface area (Å²) in [4.78, 5) is 12.8. The second-order valence-electron chi connectivity index (χ2n) is 9.40. The van der Waals surface area contributed by atoms with Crippen molar-refractivity contribution in [3.8, 4) is 0 Å². The van der Waals surface area contributed by atoms with Crippen LogP contribution in [0.2, 0.25) is 0 Å². The Morgan fingerprint density at radius 1 is 0.967 bits per heavy atom. The SMILES string of the molecule is NC1(c2nc3c(c(N4CCCCCC4)n2)CCC3)CCCC1NCc1ccccc1. The zero-order valence-corrected chi connectivity index (χ0v) is 18.1. The van der Waals surface area contributed by atoms with E-state index in [4.69, 9.17) is 15.7 Å². The summed E-state index contributed by atoms with van der Waals surface area (Å²) in [5.41, 5.74) is 10.6. The molecule has 1 saturated heterocycles. The minimum Gasteiger partial charge on any atom is -0.356 e. The number of anilines is 1. The average molecular weight is 406 g/mol. The van der Waals surface area contributed by atoms with E-state index >= 15 is 0 Å². The van der Waals surface area contributed by atoms with Gasteiger partial charge in [-0.2, -0.15) is 0 Å². The summed E-state index contributed by atoms with van der Waals surface area (Å²) >= 11 is 0. The molecule has 2 aliphatic carbocycles. The van der Waals surface area contributed by atoms with Gasteiger partial charge in [0.2, 0.25) is 0 Å². The molecule has 2 fully saturated rings. The van der Waals surface area contributed by atoms with E-state index in [9.17, 15) is 0 Å². The molecule has 5 nitrogen and oxygen atoms in total. The summed E-state index contributed by atoms with van der Waals surface area (Å²) in [7, 11) is 0. The topological polar surface area (TPSA) is 67.1 Å². The van der Waals surface area contributed by atoms with Crippen LogP contribution in [0.3, 0.4) is 0 Å². The van der Waals surface area contributed by atoms with Gasteiger partial charge in [0.15, 0.2) is 5.82 Å². The fraction of sp³-hybridized carbons (Fsp3) is 0.600. The molecule has 2 aromatic rings. The molecule has 3 N–H and O–H groups in total. The minimum absolute atomic E-state index is 0.217. The Morgan fingerprint density at radius 2 is 1.77 bits per heavy atom. The Labute approximate surface area is 180 Å². The summed E-state index contributed by atoms with van der Waals surface area (Å²) in [5.74, 6) is 2.08. The molecule has 2 atom stereocenters. The zero-order valence-electron chi connectivity index (χ0n) is 18.1. The number of aryl methyl sites for hydroxylation is 1. The van der Waals surface area contributed by atoms with Gasteiger partial charge in [0.05, 0.1) is 5.54 Å². The van der Waals surface area contributed by atoms with Crippen molar-refractivity contribution in [3.05, 3.63) is 53.0 Å². The number of rotatable bonds is 5. The predicted octanol–water partition coefficient (Wildman–Crippen LogP) is 3.84. The van der Waals surface area contributed by atoms with Gasteiger partial charge in [-0.1, -0.05) is 43.2 Å². The van der Waals surface area contributed by atoms with E-state index < -0.39 is 5.54 Å². The zero-order chi connectivity index (χ0) is 20.4. The number of aromatic nitrogens is 2. The fourth-order valence-corrected chi connectivity index (χ4v) is 5.58. The van der Waals surface area contributed by atoms with Gasteiger partial charge in [0.1, 0.15) is 5.82 Å². The van der Waals surface area contributed by atoms with E-state index in [1.54, 1.807) is 0 Å². The van der Waals surface area contributed by atoms with Crippen LogP contribution in [0.1, 0.15) is 74.0 Å². The van der Waals surface area contributed by atoms with Gasteiger partial charge in [0.25, 0.3) is 0 Å². The van der Waals surface area contributed by atoms with Gasteiger partial charge in [0, 0.05) is 36.9 Å². The smallest absolute Gasteiger partial charge is 0.152 e. The molecular formula is C25H35N5. The van der Waals surface area contributed by atoms with Crippen LogP contribution in [-0.2, 0) is 24.9 Å².